The number of anilines is 1. The molecule has 0 saturated heterocycles. The molecule has 3 heterocycles. The molecule has 35 heavy (non-hydrogen) atoms. The third kappa shape index (κ3) is 5.77. The molecule has 1 aliphatic carbocycles. The number of hydrogen-bond donors (Lipinski definition) is 5. The van der Waals surface area contributed by atoms with Crippen molar-refractivity contribution in [3.05, 3.63) is 48.4 Å². The van der Waals surface area contributed by atoms with Gasteiger partial charge in [0.05, 0.1) is 5.52 Å². The van der Waals surface area contributed by atoms with Gasteiger partial charge in [-0.1, -0.05) is 18.2 Å². The minimum atomic E-state index is -1.71. The second-order valence-electron chi connectivity index (χ2n) is 8.51. The summed E-state index contributed by atoms with van der Waals surface area (Å²) < 4.78 is 1.65. The molecule has 11 nitrogen and oxygen atoms in total. The lowest BCUT2D eigenvalue weighted by Gasteiger charge is -2.12. The minimum absolute atomic E-state index is 0.0305. The molecule has 0 unspecified atom stereocenters. The Kier molecular flexibility index (Phi) is 6.74. The smallest absolute Gasteiger partial charge is 0.228 e. The molecule has 0 spiro atoms. The number of carbonyl (C=O) groups excluding carboxylic acids is 2. The van der Waals surface area contributed by atoms with Gasteiger partial charge < -0.3 is 20.5 Å². The van der Waals surface area contributed by atoms with Crippen molar-refractivity contribution < 1.29 is 19.8 Å². The Bertz CT molecular complexity index is 1370. The summed E-state index contributed by atoms with van der Waals surface area (Å²) in [6, 6.07) is 9.73. The van der Waals surface area contributed by atoms with Crippen LogP contribution in [0, 0.1) is 5.92 Å². The normalized spacial score (nSPS) is 13.3. The van der Waals surface area contributed by atoms with E-state index in [2.05, 4.69) is 30.7 Å². The molecule has 0 atom stereocenters. The first kappa shape index (κ1) is 24.2. The molecule has 1 fully saturated rings. The monoisotopic (exact) mass is 477 g/mol. The van der Waals surface area contributed by atoms with Gasteiger partial charge >= 0.3 is 0 Å². The third-order valence-electron chi connectivity index (χ3n) is 5.52. The Balaban J connectivity index is 0.000000431. The van der Waals surface area contributed by atoms with Crippen molar-refractivity contribution in [1.82, 2.24) is 30.0 Å². The minimum Gasteiger partial charge on any atom is -0.354 e. The predicted octanol–water partition coefficient (Wildman–Crippen LogP) is 2.05. The van der Waals surface area contributed by atoms with Crippen LogP contribution in [0.25, 0.3) is 33.5 Å². The van der Waals surface area contributed by atoms with Crippen molar-refractivity contribution in [2.45, 2.75) is 25.7 Å². The van der Waals surface area contributed by atoms with Gasteiger partial charge in [-0.2, -0.15) is 5.10 Å². The molecule has 0 aliphatic heterocycles. The van der Waals surface area contributed by atoms with E-state index >= 15 is 0 Å². The molecule has 1 aromatic carbocycles. The lowest BCUT2D eigenvalue weighted by molar-refractivity contribution is -0.164. The van der Waals surface area contributed by atoms with E-state index in [0.29, 0.717) is 22.7 Å². The van der Waals surface area contributed by atoms with Crippen LogP contribution < -0.4 is 10.6 Å². The number of amides is 1. The summed E-state index contributed by atoms with van der Waals surface area (Å²) in [5.41, 5.74) is 3.73. The highest BCUT2D eigenvalue weighted by molar-refractivity contribution is 6.06. The number of benzene rings is 1. The van der Waals surface area contributed by atoms with Gasteiger partial charge in [0.2, 0.25) is 11.8 Å². The Morgan fingerprint density at radius 2 is 1.94 bits per heavy atom. The number of pyridine rings is 1. The Morgan fingerprint density at radius 1 is 1.23 bits per heavy atom. The van der Waals surface area contributed by atoms with E-state index < -0.39 is 5.91 Å². The lowest BCUT2D eigenvalue weighted by Crippen LogP contribution is -2.38. The van der Waals surface area contributed by atoms with Gasteiger partial charge in [-0.05, 0) is 37.6 Å². The van der Waals surface area contributed by atoms with E-state index in [4.69, 9.17) is 10.2 Å². The van der Waals surface area contributed by atoms with Gasteiger partial charge in [0.25, 0.3) is 0 Å². The van der Waals surface area contributed by atoms with Gasteiger partial charge in [0, 0.05) is 48.3 Å². The SMILES string of the molecule is CNC(C)(O)O.Cn1cnc(-c2cccc(-c3cc4c(C=O)cnc(NC(=O)C5CC5)c4[nH]3)c2)n1. The van der Waals surface area contributed by atoms with Crippen molar-refractivity contribution in [3.8, 4) is 22.6 Å². The number of aryl methyl sites for hydroxylation is 1. The second-order valence-corrected chi connectivity index (χ2v) is 8.51. The zero-order chi connectivity index (χ0) is 25.2. The number of fused-ring (bicyclic) bond motifs is 1. The molecule has 5 N–H and O–H groups in total. The quantitative estimate of drug-likeness (QED) is 0.208. The highest BCUT2D eigenvalue weighted by Crippen LogP contribution is 2.33. The molecule has 5 rings (SSSR count). The summed E-state index contributed by atoms with van der Waals surface area (Å²) in [5, 5.41) is 26.7. The van der Waals surface area contributed by atoms with Crippen molar-refractivity contribution >= 4 is 28.9 Å². The molecule has 0 radical (unpaired) electrons. The second kappa shape index (κ2) is 9.74. The van der Waals surface area contributed by atoms with Crippen LogP contribution in [-0.2, 0) is 11.8 Å². The average Bonchev–Trinajstić information content (AvgIpc) is 3.45. The number of hydrogen-bond acceptors (Lipinski definition) is 8. The first-order valence-corrected chi connectivity index (χ1v) is 11.1. The maximum atomic E-state index is 12.2. The summed E-state index contributed by atoms with van der Waals surface area (Å²) in [6.07, 6.45) is 5.73. The number of aromatic amines is 1. The van der Waals surface area contributed by atoms with Crippen molar-refractivity contribution in [3.63, 3.8) is 0 Å². The topological polar surface area (TPSA) is 158 Å². The summed E-state index contributed by atoms with van der Waals surface area (Å²) in [4.78, 5) is 35.6. The average molecular weight is 478 g/mol. The van der Waals surface area contributed by atoms with E-state index in [9.17, 15) is 9.59 Å². The van der Waals surface area contributed by atoms with Crippen molar-refractivity contribution in [1.29, 1.82) is 0 Å². The van der Waals surface area contributed by atoms with Gasteiger partial charge in [0.15, 0.2) is 17.9 Å². The third-order valence-corrected chi connectivity index (χ3v) is 5.52. The van der Waals surface area contributed by atoms with E-state index in [1.807, 2.05) is 37.4 Å². The number of aldehydes is 1. The number of rotatable bonds is 6. The van der Waals surface area contributed by atoms with Crippen LogP contribution in [0.5, 0.6) is 0 Å². The highest BCUT2D eigenvalue weighted by Gasteiger charge is 2.30. The zero-order valence-electron chi connectivity index (χ0n) is 19.6. The molecule has 1 aliphatic rings. The van der Waals surface area contributed by atoms with Crippen LogP contribution in [0.1, 0.15) is 30.1 Å². The van der Waals surface area contributed by atoms with Crippen LogP contribution >= 0.6 is 0 Å². The first-order chi connectivity index (χ1) is 16.7. The van der Waals surface area contributed by atoms with Gasteiger partial charge in [0.1, 0.15) is 6.33 Å². The van der Waals surface area contributed by atoms with Gasteiger partial charge in [-0.3, -0.25) is 19.6 Å². The van der Waals surface area contributed by atoms with Crippen LogP contribution in [0.3, 0.4) is 0 Å². The highest BCUT2D eigenvalue weighted by atomic mass is 16.5. The van der Waals surface area contributed by atoms with E-state index in [-0.39, 0.29) is 11.8 Å². The fourth-order valence-corrected chi connectivity index (χ4v) is 3.34. The van der Waals surface area contributed by atoms with E-state index in [1.54, 1.807) is 11.0 Å². The fourth-order valence-electron chi connectivity index (χ4n) is 3.34. The number of nitrogens with zero attached hydrogens (tertiary/aromatic N) is 4. The first-order valence-electron chi connectivity index (χ1n) is 11.1. The fraction of sp³-hybridized carbons (Fsp3) is 0.292. The lowest BCUT2D eigenvalue weighted by atomic mass is 10.1. The zero-order valence-corrected chi connectivity index (χ0v) is 19.6. The molecule has 1 saturated carbocycles. The molecular formula is C24H27N7O4. The Hall–Kier alpha value is -3.93. The summed E-state index contributed by atoms with van der Waals surface area (Å²) in [6.45, 7) is 1.24. The van der Waals surface area contributed by atoms with Gasteiger partial charge in [-0.25, -0.2) is 9.97 Å². The summed E-state index contributed by atoms with van der Waals surface area (Å²) >= 11 is 0. The maximum absolute atomic E-state index is 12.2. The molecular weight excluding hydrogens is 450 g/mol. The van der Waals surface area contributed by atoms with Gasteiger partial charge in [-0.15, -0.1) is 0 Å². The molecule has 0 bridgehead atoms. The molecule has 182 valence electrons. The number of carbonyl (C=O) groups is 2. The van der Waals surface area contributed by atoms with E-state index in [1.165, 1.54) is 20.2 Å². The molecule has 11 heteroatoms. The number of nitrogens with one attached hydrogen (secondary N) is 3. The maximum Gasteiger partial charge on any atom is 0.228 e. The Morgan fingerprint density at radius 3 is 2.54 bits per heavy atom. The van der Waals surface area contributed by atoms with E-state index in [0.717, 1.165) is 41.3 Å². The number of aliphatic hydroxyl groups is 2. The predicted molar refractivity (Wildman–Crippen MR) is 130 cm³/mol. The summed E-state index contributed by atoms with van der Waals surface area (Å²) in [7, 11) is 3.28. The standard InChI is InChI=1S/C21H18N6O2.C3H9NO2/c1-27-11-23-19(26-27)14-4-2-3-13(7-14)17-8-16-15(10-28)9-22-20(18(16)24-17)25-21(29)12-5-6-12;1-3(5,6)4-2/h2-4,7-12,24H,5-6H2,1H3,(H,22,25,29);4-6H,1-2H3. The molecule has 4 aromatic rings. The van der Waals surface area contributed by atoms with Crippen molar-refractivity contribution in [2.75, 3.05) is 12.4 Å². The Labute approximate surface area is 201 Å². The van der Waals surface area contributed by atoms with Crippen LogP contribution in [0.4, 0.5) is 5.82 Å². The molecule has 3 aromatic heterocycles. The largest absolute Gasteiger partial charge is 0.354 e. The number of aromatic nitrogens is 5. The number of H-pyrrole nitrogens is 1. The summed E-state index contributed by atoms with van der Waals surface area (Å²) in [5.74, 6) is -0.596. The van der Waals surface area contributed by atoms with Crippen molar-refractivity contribution in [2.24, 2.45) is 13.0 Å². The van der Waals surface area contributed by atoms with Crippen LogP contribution in [-0.4, -0.2) is 60.1 Å². The van der Waals surface area contributed by atoms with Crippen LogP contribution in [0.2, 0.25) is 0 Å². The molecule has 1 amide bonds. The van der Waals surface area contributed by atoms with Crippen LogP contribution in [0.15, 0.2) is 42.9 Å².